The van der Waals surface area contributed by atoms with Crippen molar-refractivity contribution in [1.82, 2.24) is 20.2 Å². The standard InChI is InChI=1S/C12H22N4O3S/c1-11(2,20(3,18)19)10-13-15-16(14-10)9-12(17)7-5-4-6-8-12/h17H,4-9H2,1-3H3. The molecule has 0 aromatic carbocycles. The third kappa shape index (κ3) is 3.01. The monoisotopic (exact) mass is 302 g/mol. The van der Waals surface area contributed by atoms with Gasteiger partial charge in [-0.3, -0.25) is 0 Å². The third-order valence-electron chi connectivity index (χ3n) is 4.14. The summed E-state index contributed by atoms with van der Waals surface area (Å²) in [6.45, 7) is 3.37. The van der Waals surface area contributed by atoms with Crippen LogP contribution >= 0.6 is 0 Å². The van der Waals surface area contributed by atoms with E-state index in [2.05, 4.69) is 15.4 Å². The van der Waals surface area contributed by atoms with Gasteiger partial charge in [-0.25, -0.2) is 8.42 Å². The number of aliphatic hydroxyl groups is 1. The van der Waals surface area contributed by atoms with E-state index in [1.54, 1.807) is 13.8 Å². The fraction of sp³-hybridized carbons (Fsp3) is 0.917. The summed E-state index contributed by atoms with van der Waals surface area (Å²) in [5.41, 5.74) is -0.800. The Kier molecular flexibility index (Phi) is 3.90. The average molecular weight is 302 g/mol. The fourth-order valence-electron chi connectivity index (χ4n) is 2.35. The third-order valence-corrected chi connectivity index (χ3v) is 6.17. The summed E-state index contributed by atoms with van der Waals surface area (Å²) < 4.78 is 22.3. The molecule has 0 atom stereocenters. The predicted molar refractivity (Wildman–Crippen MR) is 73.7 cm³/mol. The van der Waals surface area contributed by atoms with E-state index in [0.717, 1.165) is 38.4 Å². The molecule has 20 heavy (non-hydrogen) atoms. The molecular formula is C12H22N4O3S. The van der Waals surface area contributed by atoms with Crippen molar-refractivity contribution in [3.8, 4) is 0 Å². The van der Waals surface area contributed by atoms with E-state index in [4.69, 9.17) is 0 Å². The molecule has 1 aliphatic rings. The van der Waals surface area contributed by atoms with E-state index in [1.165, 1.54) is 4.80 Å². The van der Waals surface area contributed by atoms with E-state index in [9.17, 15) is 13.5 Å². The van der Waals surface area contributed by atoms with Gasteiger partial charge in [0.2, 0.25) is 0 Å². The molecule has 0 aliphatic heterocycles. The van der Waals surface area contributed by atoms with Crippen molar-refractivity contribution < 1.29 is 13.5 Å². The maximum absolute atomic E-state index is 11.7. The topological polar surface area (TPSA) is 98.0 Å². The molecule has 1 aromatic rings. The Hall–Kier alpha value is -1.02. The highest BCUT2D eigenvalue weighted by atomic mass is 32.2. The zero-order valence-corrected chi connectivity index (χ0v) is 13.0. The van der Waals surface area contributed by atoms with Crippen LogP contribution < -0.4 is 0 Å². The van der Waals surface area contributed by atoms with Gasteiger partial charge < -0.3 is 5.11 Å². The minimum Gasteiger partial charge on any atom is -0.388 e. The lowest BCUT2D eigenvalue weighted by atomic mass is 9.85. The number of hydrogen-bond donors (Lipinski definition) is 1. The second-order valence-corrected chi connectivity index (χ2v) is 8.78. The van der Waals surface area contributed by atoms with Crippen LogP contribution in [0.15, 0.2) is 0 Å². The van der Waals surface area contributed by atoms with E-state index in [0.29, 0.717) is 0 Å². The smallest absolute Gasteiger partial charge is 0.195 e. The summed E-state index contributed by atoms with van der Waals surface area (Å²) in [5, 5.41) is 22.3. The predicted octanol–water partition coefficient (Wildman–Crippen LogP) is 0.648. The molecule has 0 radical (unpaired) electrons. The molecule has 7 nitrogen and oxygen atoms in total. The van der Waals surface area contributed by atoms with Gasteiger partial charge in [-0.15, -0.1) is 10.2 Å². The Labute approximate surface area is 119 Å². The fourth-order valence-corrected chi connectivity index (χ4v) is 2.76. The summed E-state index contributed by atoms with van der Waals surface area (Å²) in [6.07, 6.45) is 5.72. The van der Waals surface area contributed by atoms with Gasteiger partial charge in [0.05, 0.1) is 12.1 Å². The van der Waals surface area contributed by atoms with Crippen LogP contribution in [0.2, 0.25) is 0 Å². The van der Waals surface area contributed by atoms with Crippen LogP contribution in [0.4, 0.5) is 0 Å². The lowest BCUT2D eigenvalue weighted by Crippen LogP contribution is -2.37. The summed E-state index contributed by atoms with van der Waals surface area (Å²) in [6, 6.07) is 0. The molecule has 1 aromatic heterocycles. The molecule has 1 N–H and O–H groups in total. The Balaban J connectivity index is 2.17. The number of tetrazole rings is 1. The van der Waals surface area contributed by atoms with Crippen molar-refractivity contribution in [3.63, 3.8) is 0 Å². The number of aromatic nitrogens is 4. The molecule has 1 heterocycles. The molecule has 0 unspecified atom stereocenters. The minimum absolute atomic E-state index is 0.166. The van der Waals surface area contributed by atoms with Crippen LogP contribution in [0.3, 0.4) is 0 Å². The zero-order valence-electron chi connectivity index (χ0n) is 12.2. The van der Waals surface area contributed by atoms with E-state index < -0.39 is 20.2 Å². The highest BCUT2D eigenvalue weighted by molar-refractivity contribution is 7.91. The first-order valence-electron chi connectivity index (χ1n) is 6.84. The first-order chi connectivity index (χ1) is 9.14. The van der Waals surface area contributed by atoms with Gasteiger partial charge in [0.1, 0.15) is 4.75 Å². The highest BCUT2D eigenvalue weighted by Crippen LogP contribution is 2.29. The van der Waals surface area contributed by atoms with E-state index >= 15 is 0 Å². The van der Waals surface area contributed by atoms with Gasteiger partial charge in [0.25, 0.3) is 0 Å². The lowest BCUT2D eigenvalue weighted by molar-refractivity contribution is -0.0180. The quantitative estimate of drug-likeness (QED) is 0.877. The molecule has 1 fully saturated rings. The molecule has 1 saturated carbocycles. The highest BCUT2D eigenvalue weighted by Gasteiger charge is 2.38. The molecule has 2 rings (SSSR count). The van der Waals surface area contributed by atoms with Crippen molar-refractivity contribution in [1.29, 1.82) is 0 Å². The van der Waals surface area contributed by atoms with Gasteiger partial charge >= 0.3 is 0 Å². The van der Waals surface area contributed by atoms with Crippen LogP contribution in [-0.2, 0) is 21.1 Å². The largest absolute Gasteiger partial charge is 0.388 e. The van der Waals surface area contributed by atoms with Gasteiger partial charge in [-0.2, -0.15) is 4.80 Å². The first-order valence-corrected chi connectivity index (χ1v) is 8.73. The van der Waals surface area contributed by atoms with Gasteiger partial charge in [0.15, 0.2) is 15.7 Å². The minimum atomic E-state index is -3.33. The molecule has 1 aliphatic carbocycles. The van der Waals surface area contributed by atoms with Crippen molar-refractivity contribution in [2.75, 3.05) is 6.26 Å². The van der Waals surface area contributed by atoms with Crippen LogP contribution in [0, 0.1) is 0 Å². The number of rotatable bonds is 4. The first kappa shape index (κ1) is 15.4. The van der Waals surface area contributed by atoms with Crippen molar-refractivity contribution in [2.45, 2.75) is 62.8 Å². The second kappa shape index (κ2) is 5.07. The Morgan fingerprint density at radius 3 is 2.45 bits per heavy atom. The van der Waals surface area contributed by atoms with Gasteiger partial charge in [-0.1, -0.05) is 19.3 Å². The molecule has 8 heteroatoms. The average Bonchev–Trinajstić information content (AvgIpc) is 2.76. The van der Waals surface area contributed by atoms with Gasteiger partial charge in [-0.05, 0) is 31.9 Å². The van der Waals surface area contributed by atoms with Gasteiger partial charge in [0, 0.05) is 6.26 Å². The Morgan fingerprint density at radius 1 is 1.30 bits per heavy atom. The van der Waals surface area contributed by atoms with Crippen molar-refractivity contribution in [2.24, 2.45) is 0 Å². The number of sulfone groups is 1. The second-order valence-electron chi connectivity index (χ2n) is 6.21. The normalized spacial score (nSPS) is 20.0. The lowest BCUT2D eigenvalue weighted by Gasteiger charge is -2.31. The van der Waals surface area contributed by atoms with E-state index in [1.807, 2.05) is 0 Å². The maximum Gasteiger partial charge on any atom is 0.195 e. The van der Waals surface area contributed by atoms with Crippen LogP contribution in [0.1, 0.15) is 51.8 Å². The molecule has 0 bridgehead atoms. The molecule has 114 valence electrons. The van der Waals surface area contributed by atoms with Crippen LogP contribution in [0.25, 0.3) is 0 Å². The summed E-state index contributed by atoms with van der Waals surface area (Å²) in [7, 11) is -3.33. The molecular weight excluding hydrogens is 280 g/mol. The number of hydrogen-bond acceptors (Lipinski definition) is 6. The summed E-state index contributed by atoms with van der Waals surface area (Å²) >= 11 is 0. The molecule has 0 spiro atoms. The Morgan fingerprint density at radius 2 is 1.90 bits per heavy atom. The summed E-state index contributed by atoms with van der Waals surface area (Å²) in [4.78, 5) is 1.31. The number of nitrogens with zero attached hydrogens (tertiary/aromatic N) is 4. The molecule has 0 amide bonds. The zero-order chi connectivity index (χ0) is 15.0. The van der Waals surface area contributed by atoms with Crippen LogP contribution in [-0.4, -0.2) is 45.6 Å². The maximum atomic E-state index is 11.7. The Bertz CT molecular complexity index is 573. The SMILES string of the molecule is CC(C)(c1nnn(CC2(O)CCCCC2)n1)S(C)(=O)=O. The molecule has 0 saturated heterocycles. The van der Waals surface area contributed by atoms with Crippen molar-refractivity contribution in [3.05, 3.63) is 5.82 Å². The van der Waals surface area contributed by atoms with Crippen LogP contribution in [0.5, 0.6) is 0 Å². The van der Waals surface area contributed by atoms with E-state index in [-0.39, 0.29) is 12.4 Å². The summed E-state index contributed by atoms with van der Waals surface area (Å²) in [5.74, 6) is 0.166. The van der Waals surface area contributed by atoms with Crippen molar-refractivity contribution >= 4 is 9.84 Å².